The summed E-state index contributed by atoms with van der Waals surface area (Å²) in [5.41, 5.74) is 22.1. The Kier molecular flexibility index (Phi) is 11.8. The second-order valence-corrected chi connectivity index (χ2v) is 5.01. The maximum Gasteiger partial charge on any atom is 0.236 e. The van der Waals surface area contributed by atoms with Gasteiger partial charge in [0.1, 0.15) is 0 Å². The highest BCUT2D eigenvalue weighted by atomic mass is 16.2. The van der Waals surface area contributed by atoms with Gasteiger partial charge in [-0.05, 0) is 38.8 Å². The van der Waals surface area contributed by atoms with E-state index in [1.54, 1.807) is 0 Å². The Hall–Kier alpha value is -1.22. The molecule has 2 atom stereocenters. The third-order valence-corrected chi connectivity index (χ3v) is 3.09. The Morgan fingerprint density at radius 3 is 1.62 bits per heavy atom. The van der Waals surface area contributed by atoms with Gasteiger partial charge in [0, 0.05) is 13.1 Å². The second-order valence-electron chi connectivity index (χ2n) is 5.01. The lowest BCUT2D eigenvalue weighted by molar-refractivity contribution is -0.124. The van der Waals surface area contributed by atoms with Crippen LogP contribution < -0.4 is 33.6 Å². The van der Waals surface area contributed by atoms with Crippen molar-refractivity contribution >= 4 is 11.8 Å². The molecule has 0 aromatic heterocycles. The number of nitrogens with two attached hydrogens (primary N) is 4. The van der Waals surface area contributed by atoms with E-state index in [2.05, 4.69) is 10.6 Å². The fourth-order valence-electron chi connectivity index (χ4n) is 1.74. The van der Waals surface area contributed by atoms with E-state index in [1.807, 2.05) is 0 Å². The van der Waals surface area contributed by atoms with Crippen molar-refractivity contribution in [2.24, 2.45) is 22.9 Å². The summed E-state index contributed by atoms with van der Waals surface area (Å²) in [4.78, 5) is 23.2. The smallest absolute Gasteiger partial charge is 0.236 e. The number of amides is 2. The minimum atomic E-state index is -0.553. The van der Waals surface area contributed by atoms with Gasteiger partial charge in [-0.15, -0.1) is 0 Å². The molecule has 0 aromatic carbocycles. The molecule has 0 saturated carbocycles. The van der Waals surface area contributed by atoms with Crippen LogP contribution in [0.3, 0.4) is 0 Å². The highest BCUT2D eigenvalue weighted by Gasteiger charge is 2.14. The maximum atomic E-state index is 11.6. The molecular formula is C13H30N6O2. The monoisotopic (exact) mass is 302 g/mol. The third-order valence-electron chi connectivity index (χ3n) is 3.09. The number of carbonyl (C=O) groups is 2. The largest absolute Gasteiger partial charge is 0.353 e. The summed E-state index contributed by atoms with van der Waals surface area (Å²) in [7, 11) is 0. The summed E-state index contributed by atoms with van der Waals surface area (Å²) in [6.45, 7) is 1.78. The van der Waals surface area contributed by atoms with E-state index < -0.39 is 12.1 Å². The Bertz CT molecular complexity index is 300. The van der Waals surface area contributed by atoms with Crippen LogP contribution in [0.1, 0.15) is 32.1 Å². The first-order valence-corrected chi connectivity index (χ1v) is 7.49. The molecule has 0 fully saturated rings. The number of hydrogen-bond donors (Lipinski definition) is 6. The molecule has 0 aliphatic carbocycles. The van der Waals surface area contributed by atoms with Gasteiger partial charge in [-0.25, -0.2) is 0 Å². The molecular weight excluding hydrogens is 272 g/mol. The van der Waals surface area contributed by atoms with Crippen molar-refractivity contribution in [2.75, 3.05) is 26.2 Å². The van der Waals surface area contributed by atoms with Crippen LogP contribution in [-0.2, 0) is 9.59 Å². The Labute approximate surface area is 126 Å². The highest BCUT2D eigenvalue weighted by Crippen LogP contribution is 1.97. The van der Waals surface area contributed by atoms with Gasteiger partial charge < -0.3 is 33.6 Å². The molecule has 21 heavy (non-hydrogen) atoms. The standard InChI is InChI=1S/C13H30N6O2/c14-6-2-1-4-10(16)12(20)18-8-9-19-13(21)11(17)5-3-7-15/h10-11H,1-9,14-17H2,(H,18,20)(H,19,21)/t10-,11+/m0/s1. The molecule has 0 rings (SSSR count). The average molecular weight is 302 g/mol. The summed E-state index contributed by atoms with van der Waals surface area (Å²) in [6.07, 6.45) is 3.57. The summed E-state index contributed by atoms with van der Waals surface area (Å²) in [5.74, 6) is -0.446. The quantitative estimate of drug-likeness (QED) is 0.223. The van der Waals surface area contributed by atoms with Crippen LogP contribution in [-0.4, -0.2) is 50.1 Å². The fraction of sp³-hybridized carbons (Fsp3) is 0.846. The van der Waals surface area contributed by atoms with Crippen LogP contribution in [0.25, 0.3) is 0 Å². The van der Waals surface area contributed by atoms with Gasteiger partial charge in [-0.2, -0.15) is 0 Å². The molecule has 10 N–H and O–H groups in total. The van der Waals surface area contributed by atoms with Crippen LogP contribution in [0.5, 0.6) is 0 Å². The molecule has 0 unspecified atom stereocenters. The van der Waals surface area contributed by atoms with E-state index in [9.17, 15) is 9.59 Å². The van der Waals surface area contributed by atoms with Gasteiger partial charge in [-0.3, -0.25) is 9.59 Å². The van der Waals surface area contributed by atoms with Crippen LogP contribution in [0.15, 0.2) is 0 Å². The lowest BCUT2D eigenvalue weighted by Gasteiger charge is -2.14. The SMILES string of the molecule is NCCCC[C@H](N)C(=O)NCCNC(=O)[C@H](N)CCCN. The van der Waals surface area contributed by atoms with Gasteiger partial charge in [0.05, 0.1) is 12.1 Å². The van der Waals surface area contributed by atoms with E-state index >= 15 is 0 Å². The first-order chi connectivity index (χ1) is 10.0. The molecule has 0 spiro atoms. The molecule has 2 amide bonds. The molecule has 0 aromatic rings. The zero-order valence-corrected chi connectivity index (χ0v) is 12.6. The van der Waals surface area contributed by atoms with Gasteiger partial charge in [0.25, 0.3) is 0 Å². The zero-order chi connectivity index (χ0) is 16.1. The summed E-state index contributed by atoms with van der Waals surface area (Å²) < 4.78 is 0. The highest BCUT2D eigenvalue weighted by molar-refractivity contribution is 5.82. The van der Waals surface area contributed by atoms with E-state index in [0.29, 0.717) is 45.4 Å². The normalized spacial score (nSPS) is 13.5. The van der Waals surface area contributed by atoms with Crippen LogP contribution in [0, 0.1) is 0 Å². The number of unbranched alkanes of at least 4 members (excludes halogenated alkanes) is 1. The average Bonchev–Trinajstić information content (AvgIpc) is 2.48. The zero-order valence-electron chi connectivity index (χ0n) is 12.6. The van der Waals surface area contributed by atoms with Crippen molar-refractivity contribution in [2.45, 2.75) is 44.2 Å². The minimum Gasteiger partial charge on any atom is -0.353 e. The van der Waals surface area contributed by atoms with Crippen molar-refractivity contribution in [3.8, 4) is 0 Å². The molecule has 0 radical (unpaired) electrons. The Morgan fingerprint density at radius 1 is 0.762 bits per heavy atom. The molecule has 0 saturated heterocycles. The summed E-state index contributed by atoms with van der Waals surface area (Å²) >= 11 is 0. The molecule has 0 aliphatic rings. The Balaban J connectivity index is 3.69. The van der Waals surface area contributed by atoms with Crippen LogP contribution >= 0.6 is 0 Å². The molecule has 0 aliphatic heterocycles. The summed E-state index contributed by atoms with van der Waals surface area (Å²) in [6, 6.07) is -1.08. The molecule has 8 nitrogen and oxygen atoms in total. The van der Waals surface area contributed by atoms with Crippen molar-refractivity contribution in [3.63, 3.8) is 0 Å². The number of nitrogens with one attached hydrogen (secondary N) is 2. The van der Waals surface area contributed by atoms with Crippen molar-refractivity contribution in [3.05, 3.63) is 0 Å². The van der Waals surface area contributed by atoms with Gasteiger partial charge in [0.2, 0.25) is 11.8 Å². The van der Waals surface area contributed by atoms with Crippen molar-refractivity contribution in [1.82, 2.24) is 10.6 Å². The predicted octanol–water partition coefficient (Wildman–Crippen LogP) is -2.26. The van der Waals surface area contributed by atoms with Crippen molar-refractivity contribution < 1.29 is 9.59 Å². The minimum absolute atomic E-state index is 0.214. The van der Waals surface area contributed by atoms with E-state index in [4.69, 9.17) is 22.9 Å². The molecule has 0 heterocycles. The topological polar surface area (TPSA) is 162 Å². The van der Waals surface area contributed by atoms with E-state index in [1.165, 1.54) is 0 Å². The lowest BCUT2D eigenvalue weighted by atomic mass is 10.1. The van der Waals surface area contributed by atoms with Crippen LogP contribution in [0.4, 0.5) is 0 Å². The van der Waals surface area contributed by atoms with Gasteiger partial charge in [0.15, 0.2) is 0 Å². The first-order valence-electron chi connectivity index (χ1n) is 7.49. The molecule has 8 heteroatoms. The maximum absolute atomic E-state index is 11.6. The molecule has 124 valence electrons. The van der Waals surface area contributed by atoms with Crippen molar-refractivity contribution in [1.29, 1.82) is 0 Å². The van der Waals surface area contributed by atoms with Gasteiger partial charge >= 0.3 is 0 Å². The Morgan fingerprint density at radius 2 is 1.19 bits per heavy atom. The second kappa shape index (κ2) is 12.5. The fourth-order valence-corrected chi connectivity index (χ4v) is 1.74. The van der Waals surface area contributed by atoms with E-state index in [0.717, 1.165) is 12.8 Å². The van der Waals surface area contributed by atoms with Gasteiger partial charge in [-0.1, -0.05) is 6.42 Å². The first kappa shape index (κ1) is 19.8. The number of rotatable bonds is 12. The lowest BCUT2D eigenvalue weighted by Crippen LogP contribution is -2.46. The van der Waals surface area contributed by atoms with Crippen LogP contribution in [0.2, 0.25) is 0 Å². The van der Waals surface area contributed by atoms with E-state index in [-0.39, 0.29) is 11.8 Å². The number of carbonyl (C=O) groups excluding carboxylic acids is 2. The summed E-state index contributed by atoms with van der Waals surface area (Å²) in [5, 5.41) is 5.34. The predicted molar refractivity (Wildman–Crippen MR) is 83.2 cm³/mol. The molecule has 0 bridgehead atoms. The number of hydrogen-bond acceptors (Lipinski definition) is 6. The third kappa shape index (κ3) is 10.2.